The first-order chi connectivity index (χ1) is 9.19. The van der Waals surface area contributed by atoms with Crippen LogP contribution < -0.4 is 5.73 Å². The summed E-state index contributed by atoms with van der Waals surface area (Å²) in [5.74, 6) is 1.04. The van der Waals surface area contributed by atoms with Crippen molar-refractivity contribution in [2.45, 2.75) is 37.6 Å². The van der Waals surface area contributed by atoms with Crippen molar-refractivity contribution in [2.24, 2.45) is 5.73 Å². The summed E-state index contributed by atoms with van der Waals surface area (Å²) in [7, 11) is 0. The molecule has 4 nitrogen and oxygen atoms in total. The van der Waals surface area contributed by atoms with Crippen molar-refractivity contribution in [2.75, 3.05) is 0 Å². The summed E-state index contributed by atoms with van der Waals surface area (Å²) in [4.78, 5) is 4.45. The van der Waals surface area contributed by atoms with Gasteiger partial charge in [0.1, 0.15) is 0 Å². The van der Waals surface area contributed by atoms with Crippen LogP contribution in [0.2, 0.25) is 5.02 Å². The Labute approximate surface area is 117 Å². The van der Waals surface area contributed by atoms with Gasteiger partial charge < -0.3 is 10.3 Å². The van der Waals surface area contributed by atoms with Gasteiger partial charge in [0.15, 0.2) is 5.82 Å². The lowest BCUT2D eigenvalue weighted by Gasteiger charge is -2.29. The molecule has 1 heterocycles. The molecule has 0 spiro atoms. The van der Waals surface area contributed by atoms with E-state index in [0.717, 1.165) is 31.2 Å². The van der Waals surface area contributed by atoms with Crippen LogP contribution in [0.3, 0.4) is 0 Å². The molecule has 1 aliphatic rings. The van der Waals surface area contributed by atoms with Gasteiger partial charge in [-0.05, 0) is 25.0 Å². The van der Waals surface area contributed by atoms with E-state index in [-0.39, 0.29) is 0 Å². The third-order valence-corrected chi connectivity index (χ3v) is 4.05. The lowest BCUT2D eigenvalue weighted by Crippen LogP contribution is -2.39. The van der Waals surface area contributed by atoms with Crippen molar-refractivity contribution >= 4 is 11.6 Å². The van der Waals surface area contributed by atoms with E-state index in [9.17, 15) is 0 Å². The van der Waals surface area contributed by atoms with E-state index in [0.29, 0.717) is 16.7 Å². The summed E-state index contributed by atoms with van der Waals surface area (Å²) in [6.07, 6.45) is 5.29. The Hall–Kier alpha value is -1.39. The topological polar surface area (TPSA) is 64.9 Å². The van der Waals surface area contributed by atoms with Crippen LogP contribution in [-0.2, 0) is 5.54 Å². The highest BCUT2D eigenvalue weighted by atomic mass is 35.5. The number of rotatable bonds is 2. The monoisotopic (exact) mass is 277 g/mol. The minimum Gasteiger partial charge on any atom is -0.334 e. The molecule has 0 bridgehead atoms. The van der Waals surface area contributed by atoms with Gasteiger partial charge in [0, 0.05) is 0 Å². The fourth-order valence-electron chi connectivity index (χ4n) is 2.58. The van der Waals surface area contributed by atoms with Crippen LogP contribution in [0.25, 0.3) is 11.5 Å². The van der Waals surface area contributed by atoms with E-state index in [1.54, 1.807) is 6.07 Å². The molecule has 5 heteroatoms. The molecule has 1 saturated carbocycles. The molecule has 0 saturated heterocycles. The minimum atomic E-state index is -0.443. The van der Waals surface area contributed by atoms with E-state index >= 15 is 0 Å². The summed E-state index contributed by atoms with van der Waals surface area (Å²) >= 11 is 6.13. The number of benzene rings is 1. The Kier molecular flexibility index (Phi) is 3.29. The van der Waals surface area contributed by atoms with Gasteiger partial charge >= 0.3 is 0 Å². The molecule has 1 aliphatic carbocycles. The van der Waals surface area contributed by atoms with Gasteiger partial charge in [0.2, 0.25) is 0 Å². The lowest BCUT2D eigenvalue weighted by atomic mass is 9.82. The van der Waals surface area contributed by atoms with E-state index in [1.165, 1.54) is 6.42 Å². The molecular weight excluding hydrogens is 262 g/mol. The van der Waals surface area contributed by atoms with E-state index in [4.69, 9.17) is 21.9 Å². The molecule has 2 N–H and O–H groups in total. The molecular formula is C14H16ClN3O. The van der Waals surface area contributed by atoms with Crippen molar-refractivity contribution in [3.8, 4) is 11.5 Å². The van der Waals surface area contributed by atoms with Gasteiger partial charge in [-0.15, -0.1) is 0 Å². The summed E-state index contributed by atoms with van der Waals surface area (Å²) < 4.78 is 5.32. The number of halogens is 1. The molecule has 0 amide bonds. The average Bonchev–Trinajstić information content (AvgIpc) is 2.90. The average molecular weight is 278 g/mol. The highest BCUT2D eigenvalue weighted by Crippen LogP contribution is 2.34. The zero-order valence-corrected chi connectivity index (χ0v) is 11.4. The van der Waals surface area contributed by atoms with Gasteiger partial charge in [-0.1, -0.05) is 48.2 Å². The molecule has 0 atom stereocenters. The highest BCUT2D eigenvalue weighted by Gasteiger charge is 2.34. The first-order valence-electron chi connectivity index (χ1n) is 6.57. The number of nitrogens with two attached hydrogens (primary N) is 1. The summed E-state index contributed by atoms with van der Waals surface area (Å²) in [6, 6.07) is 7.43. The number of nitrogens with zero attached hydrogens (tertiary/aromatic N) is 2. The van der Waals surface area contributed by atoms with Crippen LogP contribution in [0, 0.1) is 0 Å². The van der Waals surface area contributed by atoms with E-state index < -0.39 is 5.54 Å². The fourth-order valence-corrected chi connectivity index (χ4v) is 2.79. The molecule has 2 aromatic rings. The summed E-state index contributed by atoms with van der Waals surface area (Å²) in [5, 5.41) is 4.66. The van der Waals surface area contributed by atoms with Crippen LogP contribution in [0.5, 0.6) is 0 Å². The van der Waals surface area contributed by atoms with Crippen LogP contribution >= 0.6 is 11.6 Å². The van der Waals surface area contributed by atoms with Crippen molar-refractivity contribution in [3.63, 3.8) is 0 Å². The first kappa shape index (κ1) is 12.6. The summed E-state index contributed by atoms with van der Waals surface area (Å²) in [5.41, 5.74) is 6.70. The zero-order valence-electron chi connectivity index (χ0n) is 10.6. The highest BCUT2D eigenvalue weighted by molar-refractivity contribution is 6.33. The van der Waals surface area contributed by atoms with Gasteiger partial charge in [0.25, 0.3) is 5.89 Å². The summed E-state index contributed by atoms with van der Waals surface area (Å²) in [6.45, 7) is 0. The maximum Gasteiger partial charge on any atom is 0.259 e. The van der Waals surface area contributed by atoms with Crippen molar-refractivity contribution in [1.29, 1.82) is 0 Å². The SMILES string of the molecule is NC1(c2noc(-c3ccccc3Cl)n2)CCCCC1. The molecule has 0 unspecified atom stereocenters. The van der Waals surface area contributed by atoms with Gasteiger partial charge in [0.05, 0.1) is 16.1 Å². The molecule has 1 aromatic carbocycles. The smallest absolute Gasteiger partial charge is 0.259 e. The molecule has 1 fully saturated rings. The van der Waals surface area contributed by atoms with Gasteiger partial charge in [-0.25, -0.2) is 0 Å². The Morgan fingerprint density at radius 2 is 1.89 bits per heavy atom. The van der Waals surface area contributed by atoms with Crippen LogP contribution in [0.4, 0.5) is 0 Å². The second-order valence-corrected chi connectivity index (χ2v) is 5.53. The third kappa shape index (κ3) is 2.38. The maximum absolute atomic E-state index is 6.39. The Morgan fingerprint density at radius 3 is 2.63 bits per heavy atom. The van der Waals surface area contributed by atoms with Crippen LogP contribution in [-0.4, -0.2) is 10.1 Å². The molecule has 19 heavy (non-hydrogen) atoms. The molecule has 0 radical (unpaired) electrons. The van der Waals surface area contributed by atoms with Crippen molar-refractivity contribution in [1.82, 2.24) is 10.1 Å². The number of aromatic nitrogens is 2. The van der Waals surface area contributed by atoms with E-state index in [1.807, 2.05) is 18.2 Å². The zero-order chi connectivity index (χ0) is 13.3. The third-order valence-electron chi connectivity index (χ3n) is 3.72. The molecule has 0 aliphatic heterocycles. The second kappa shape index (κ2) is 4.94. The predicted molar refractivity (Wildman–Crippen MR) is 73.7 cm³/mol. The Morgan fingerprint density at radius 1 is 1.16 bits per heavy atom. The molecule has 1 aromatic heterocycles. The fraction of sp³-hybridized carbons (Fsp3) is 0.429. The van der Waals surface area contributed by atoms with Crippen molar-refractivity contribution in [3.05, 3.63) is 35.1 Å². The maximum atomic E-state index is 6.39. The largest absolute Gasteiger partial charge is 0.334 e. The van der Waals surface area contributed by atoms with E-state index in [2.05, 4.69) is 10.1 Å². The molecule has 100 valence electrons. The van der Waals surface area contributed by atoms with Gasteiger partial charge in [-0.2, -0.15) is 4.98 Å². The lowest BCUT2D eigenvalue weighted by molar-refractivity contribution is 0.275. The quantitative estimate of drug-likeness (QED) is 0.912. The second-order valence-electron chi connectivity index (χ2n) is 5.12. The first-order valence-corrected chi connectivity index (χ1v) is 6.95. The Bertz CT molecular complexity index is 576. The number of hydrogen-bond donors (Lipinski definition) is 1. The Balaban J connectivity index is 1.93. The van der Waals surface area contributed by atoms with Crippen molar-refractivity contribution < 1.29 is 4.52 Å². The normalized spacial score (nSPS) is 18.4. The van der Waals surface area contributed by atoms with Crippen LogP contribution in [0.15, 0.2) is 28.8 Å². The minimum absolute atomic E-state index is 0.441. The molecule has 3 rings (SSSR count). The van der Waals surface area contributed by atoms with Gasteiger partial charge in [-0.3, -0.25) is 0 Å². The predicted octanol–water partition coefficient (Wildman–Crippen LogP) is 3.51. The van der Waals surface area contributed by atoms with Crippen LogP contribution in [0.1, 0.15) is 37.9 Å². The standard InChI is InChI=1S/C14H16ClN3O/c15-11-7-3-2-6-10(11)12-17-13(18-19-12)14(16)8-4-1-5-9-14/h2-3,6-7H,1,4-5,8-9,16H2. The number of hydrogen-bond acceptors (Lipinski definition) is 4.